The summed E-state index contributed by atoms with van der Waals surface area (Å²) in [6.45, 7) is 5.49. The van der Waals surface area contributed by atoms with Gasteiger partial charge in [-0.3, -0.25) is 4.98 Å². The summed E-state index contributed by atoms with van der Waals surface area (Å²) in [5.41, 5.74) is 3.93. The number of thioether (sulfide) groups is 1. The fourth-order valence-electron chi connectivity index (χ4n) is 3.30. The van der Waals surface area contributed by atoms with Gasteiger partial charge in [0.15, 0.2) is 18.9 Å². The maximum Gasteiger partial charge on any atom is 0.172 e. The molecule has 0 aliphatic rings. The Bertz CT molecular complexity index is 832. The topological polar surface area (TPSA) is 16.8 Å². The summed E-state index contributed by atoms with van der Waals surface area (Å²) in [6, 6.07) is 19.4. The molecule has 0 radical (unpaired) electrons. The Labute approximate surface area is 161 Å². The highest BCUT2D eigenvalue weighted by atomic mass is 32.2. The fraction of sp³-hybridized carbons (Fsp3) is 0.304. The number of pyridine rings is 2. The highest BCUT2D eigenvalue weighted by Gasteiger charge is 2.15. The van der Waals surface area contributed by atoms with E-state index in [9.17, 15) is 0 Å². The van der Waals surface area contributed by atoms with Gasteiger partial charge in [0.2, 0.25) is 0 Å². The van der Waals surface area contributed by atoms with E-state index in [-0.39, 0.29) is 0 Å². The van der Waals surface area contributed by atoms with E-state index < -0.39 is 0 Å². The molecule has 0 aliphatic heterocycles. The van der Waals surface area contributed by atoms with Crippen molar-refractivity contribution in [1.29, 1.82) is 0 Å². The molecule has 2 unspecified atom stereocenters. The first-order valence-corrected chi connectivity index (χ1v) is 10.4. The molecule has 0 aliphatic carbocycles. The van der Waals surface area contributed by atoms with Gasteiger partial charge in [-0.15, -0.1) is 11.8 Å². The zero-order chi connectivity index (χ0) is 18.4. The molecule has 0 saturated heterocycles. The molecular weight excluding hydrogens is 336 g/mol. The van der Waals surface area contributed by atoms with E-state index in [2.05, 4.69) is 90.6 Å². The summed E-state index contributed by atoms with van der Waals surface area (Å²) >= 11 is 1.80. The lowest BCUT2D eigenvalue weighted by molar-refractivity contribution is -0.699. The quantitative estimate of drug-likeness (QED) is 0.422. The third-order valence-corrected chi connectivity index (χ3v) is 5.53. The van der Waals surface area contributed by atoms with Crippen LogP contribution in [0, 0.1) is 0 Å². The Morgan fingerprint density at radius 3 is 2.65 bits per heavy atom. The van der Waals surface area contributed by atoms with Gasteiger partial charge in [-0.25, -0.2) is 4.57 Å². The Morgan fingerprint density at radius 2 is 1.88 bits per heavy atom. The van der Waals surface area contributed by atoms with Gasteiger partial charge in [-0.05, 0) is 54.5 Å². The lowest BCUT2D eigenvalue weighted by Gasteiger charge is -2.13. The number of hydrogen-bond donors (Lipinski definition) is 0. The molecule has 2 aromatic heterocycles. The van der Waals surface area contributed by atoms with Crippen LogP contribution in [0.15, 0.2) is 78.1 Å². The summed E-state index contributed by atoms with van der Waals surface area (Å²) < 4.78 is 2.30. The minimum atomic E-state index is 0.394. The van der Waals surface area contributed by atoms with Crippen molar-refractivity contribution in [2.24, 2.45) is 0 Å². The number of benzene rings is 1. The van der Waals surface area contributed by atoms with Crippen LogP contribution < -0.4 is 4.57 Å². The number of nitrogens with zero attached hydrogens (tertiary/aromatic N) is 2. The molecule has 3 rings (SSSR count). The number of hydrogen-bond acceptors (Lipinski definition) is 2. The highest BCUT2D eigenvalue weighted by Crippen LogP contribution is 2.22. The summed E-state index contributed by atoms with van der Waals surface area (Å²) in [4.78, 5) is 5.82. The number of aromatic nitrogens is 2. The predicted octanol–water partition coefficient (Wildman–Crippen LogP) is 5.24. The van der Waals surface area contributed by atoms with Crippen LogP contribution >= 0.6 is 11.8 Å². The monoisotopic (exact) mass is 363 g/mol. The molecule has 3 heteroatoms. The summed E-state index contributed by atoms with van der Waals surface area (Å²) in [5.74, 6) is 0.884. The normalized spacial score (nSPS) is 13.3. The van der Waals surface area contributed by atoms with Crippen molar-refractivity contribution in [1.82, 2.24) is 4.98 Å². The zero-order valence-corrected chi connectivity index (χ0v) is 16.6. The third kappa shape index (κ3) is 4.95. The summed E-state index contributed by atoms with van der Waals surface area (Å²) in [7, 11) is 0. The molecule has 2 nitrogen and oxygen atoms in total. The van der Waals surface area contributed by atoms with Crippen LogP contribution in [-0.2, 0) is 13.0 Å². The Morgan fingerprint density at radius 1 is 1.00 bits per heavy atom. The van der Waals surface area contributed by atoms with Crippen molar-refractivity contribution < 1.29 is 4.57 Å². The smallest absolute Gasteiger partial charge is 0.172 e. The average Bonchev–Trinajstić information content (AvgIpc) is 2.69. The second kappa shape index (κ2) is 9.00. The second-order valence-corrected chi connectivity index (χ2v) is 7.83. The SMILES string of the molecule is CSc1cccc(CC(C)c2ccc[n+](CC(C)c3ccccn3)c2)c1. The van der Waals surface area contributed by atoms with E-state index in [1.807, 2.05) is 12.3 Å². The summed E-state index contributed by atoms with van der Waals surface area (Å²) in [5, 5.41) is 0. The molecule has 3 aromatic rings. The molecule has 0 saturated carbocycles. The van der Waals surface area contributed by atoms with Crippen LogP contribution in [0.2, 0.25) is 0 Å². The fourth-order valence-corrected chi connectivity index (χ4v) is 3.78. The molecule has 0 spiro atoms. The largest absolute Gasteiger partial charge is 0.261 e. The van der Waals surface area contributed by atoms with Gasteiger partial charge in [0.25, 0.3) is 0 Å². The molecule has 26 heavy (non-hydrogen) atoms. The van der Waals surface area contributed by atoms with Crippen LogP contribution in [0.3, 0.4) is 0 Å². The van der Waals surface area contributed by atoms with E-state index in [0.29, 0.717) is 11.8 Å². The van der Waals surface area contributed by atoms with Crippen LogP contribution in [0.1, 0.15) is 42.5 Å². The van der Waals surface area contributed by atoms with Gasteiger partial charge in [0.1, 0.15) is 0 Å². The minimum Gasteiger partial charge on any atom is -0.261 e. The summed E-state index contributed by atoms with van der Waals surface area (Å²) in [6.07, 6.45) is 9.52. The first kappa shape index (κ1) is 18.7. The zero-order valence-electron chi connectivity index (χ0n) is 15.8. The van der Waals surface area contributed by atoms with Gasteiger partial charge in [-0.2, -0.15) is 0 Å². The van der Waals surface area contributed by atoms with Gasteiger partial charge in [0.05, 0.1) is 5.92 Å². The highest BCUT2D eigenvalue weighted by molar-refractivity contribution is 7.98. The molecular formula is C23H27N2S+. The first-order valence-electron chi connectivity index (χ1n) is 9.18. The lowest BCUT2D eigenvalue weighted by atomic mass is 9.95. The molecule has 0 amide bonds. The maximum atomic E-state index is 4.49. The third-order valence-electron chi connectivity index (χ3n) is 4.80. The van der Waals surface area contributed by atoms with Crippen molar-refractivity contribution in [3.05, 3.63) is 90.0 Å². The van der Waals surface area contributed by atoms with Gasteiger partial charge in [0, 0.05) is 28.4 Å². The van der Waals surface area contributed by atoms with Gasteiger partial charge >= 0.3 is 0 Å². The Hall–Kier alpha value is -2.13. The molecule has 134 valence electrons. The van der Waals surface area contributed by atoms with Crippen molar-refractivity contribution >= 4 is 11.8 Å². The molecule has 0 fully saturated rings. The first-order chi connectivity index (χ1) is 12.7. The molecule has 0 N–H and O–H groups in total. The minimum absolute atomic E-state index is 0.394. The maximum absolute atomic E-state index is 4.49. The van der Waals surface area contributed by atoms with Gasteiger partial charge in [-0.1, -0.05) is 32.0 Å². The van der Waals surface area contributed by atoms with E-state index in [0.717, 1.165) is 18.7 Å². The van der Waals surface area contributed by atoms with Crippen molar-refractivity contribution in [2.75, 3.05) is 6.26 Å². The average molecular weight is 364 g/mol. The van der Waals surface area contributed by atoms with E-state index >= 15 is 0 Å². The van der Waals surface area contributed by atoms with Gasteiger partial charge < -0.3 is 0 Å². The van der Waals surface area contributed by atoms with Crippen molar-refractivity contribution in [2.45, 2.75) is 43.5 Å². The molecule has 2 heterocycles. The van der Waals surface area contributed by atoms with Crippen molar-refractivity contribution in [3.63, 3.8) is 0 Å². The standard InChI is InChI=1S/C23H27N2S/c1-18(14-20-8-6-10-22(15-20)26-3)21-9-7-13-25(17-21)16-19(2)23-11-4-5-12-24-23/h4-13,15,17-19H,14,16H2,1-3H3/q+1. The van der Waals surface area contributed by atoms with Crippen LogP contribution in [0.4, 0.5) is 0 Å². The second-order valence-electron chi connectivity index (χ2n) is 6.95. The molecule has 0 bridgehead atoms. The lowest BCUT2D eigenvalue weighted by Crippen LogP contribution is -2.36. The number of rotatable bonds is 7. The van der Waals surface area contributed by atoms with Crippen LogP contribution in [0.25, 0.3) is 0 Å². The van der Waals surface area contributed by atoms with E-state index in [1.165, 1.54) is 16.0 Å². The van der Waals surface area contributed by atoms with Crippen LogP contribution in [0.5, 0.6) is 0 Å². The van der Waals surface area contributed by atoms with Crippen molar-refractivity contribution in [3.8, 4) is 0 Å². The molecule has 2 atom stereocenters. The molecule has 1 aromatic carbocycles. The van der Waals surface area contributed by atoms with E-state index in [1.54, 1.807) is 11.8 Å². The predicted molar refractivity (Wildman–Crippen MR) is 110 cm³/mol. The van der Waals surface area contributed by atoms with Crippen LogP contribution in [-0.4, -0.2) is 11.2 Å². The van der Waals surface area contributed by atoms with E-state index in [4.69, 9.17) is 0 Å². The Kier molecular flexibility index (Phi) is 6.45. The Balaban J connectivity index is 1.70.